The molecule has 0 aromatic rings. The van der Waals surface area contributed by atoms with Crippen molar-refractivity contribution >= 4 is 6.29 Å². The van der Waals surface area contributed by atoms with Gasteiger partial charge in [-0.1, -0.05) is 68.2 Å². The third-order valence-electron chi connectivity index (χ3n) is 9.59. The van der Waals surface area contributed by atoms with Crippen molar-refractivity contribution in [1.82, 2.24) is 0 Å². The standard InChI is InChI=1S/C24H42O2.2C2H6/c1-5-19-15-18-8-9-20-10-11-21(26)12-14-24(20,4)22(18)7-6-13-23(19,3)17(2)16-25;2*1-2/h16-22,26H,5-15H2,1-4H3;2*1-2H3/t17-,18?,19?,20?,21?,22?,23-,24?;;/m1../s1. The maximum absolute atomic E-state index is 11.6. The first-order valence-electron chi connectivity index (χ1n) is 13.5. The van der Waals surface area contributed by atoms with Gasteiger partial charge in [-0.15, -0.1) is 0 Å². The van der Waals surface area contributed by atoms with Gasteiger partial charge >= 0.3 is 0 Å². The second-order valence-electron chi connectivity index (χ2n) is 10.6. The molecule has 0 aromatic carbocycles. The summed E-state index contributed by atoms with van der Waals surface area (Å²) in [6, 6.07) is 0. The first-order valence-corrected chi connectivity index (χ1v) is 13.5. The first-order chi connectivity index (χ1) is 14.3. The van der Waals surface area contributed by atoms with Crippen LogP contribution >= 0.6 is 0 Å². The van der Waals surface area contributed by atoms with Gasteiger partial charge in [-0.3, -0.25) is 0 Å². The van der Waals surface area contributed by atoms with E-state index < -0.39 is 0 Å². The van der Waals surface area contributed by atoms with Gasteiger partial charge in [-0.2, -0.15) is 0 Å². The Morgan fingerprint density at radius 2 is 1.60 bits per heavy atom. The van der Waals surface area contributed by atoms with Crippen molar-refractivity contribution in [3.05, 3.63) is 0 Å². The molecule has 3 aliphatic rings. The van der Waals surface area contributed by atoms with Crippen LogP contribution in [0, 0.1) is 40.4 Å². The van der Waals surface area contributed by atoms with Gasteiger partial charge in [-0.25, -0.2) is 0 Å². The predicted octanol–water partition coefficient (Wildman–Crippen LogP) is 8.06. The first kappa shape index (κ1) is 27.7. The van der Waals surface area contributed by atoms with E-state index >= 15 is 0 Å². The maximum Gasteiger partial charge on any atom is 0.123 e. The summed E-state index contributed by atoms with van der Waals surface area (Å²) in [7, 11) is 0. The smallest absolute Gasteiger partial charge is 0.123 e. The van der Waals surface area contributed by atoms with Gasteiger partial charge in [0.25, 0.3) is 0 Å². The lowest BCUT2D eigenvalue weighted by Gasteiger charge is -2.55. The molecule has 3 aliphatic carbocycles. The summed E-state index contributed by atoms with van der Waals surface area (Å²) in [5, 5.41) is 10.3. The highest BCUT2D eigenvalue weighted by Crippen LogP contribution is 2.59. The van der Waals surface area contributed by atoms with E-state index in [1.165, 1.54) is 64.1 Å². The van der Waals surface area contributed by atoms with Crippen LogP contribution in [0.3, 0.4) is 0 Å². The number of carbonyl (C=O) groups excluding carboxylic acids is 1. The number of rotatable bonds is 3. The summed E-state index contributed by atoms with van der Waals surface area (Å²) in [5.74, 6) is 3.32. The zero-order valence-electron chi connectivity index (χ0n) is 21.7. The number of aliphatic hydroxyl groups excluding tert-OH is 1. The second kappa shape index (κ2) is 12.6. The van der Waals surface area contributed by atoms with E-state index in [0.717, 1.165) is 30.6 Å². The number of hydrogen-bond acceptors (Lipinski definition) is 2. The van der Waals surface area contributed by atoms with Crippen LogP contribution in [0.4, 0.5) is 0 Å². The minimum atomic E-state index is -0.0652. The number of hydrogen-bond donors (Lipinski definition) is 1. The van der Waals surface area contributed by atoms with E-state index in [9.17, 15) is 9.90 Å². The molecule has 8 atom stereocenters. The van der Waals surface area contributed by atoms with Crippen LogP contribution in [0.1, 0.15) is 126 Å². The largest absolute Gasteiger partial charge is 0.393 e. The van der Waals surface area contributed by atoms with Crippen molar-refractivity contribution in [1.29, 1.82) is 0 Å². The lowest BCUT2D eigenvalue weighted by atomic mass is 9.50. The summed E-state index contributed by atoms with van der Waals surface area (Å²) < 4.78 is 0. The minimum Gasteiger partial charge on any atom is -0.393 e. The molecule has 2 nitrogen and oxygen atoms in total. The highest BCUT2D eigenvalue weighted by atomic mass is 16.3. The fraction of sp³-hybridized carbons (Fsp3) is 0.964. The molecule has 1 N–H and O–H groups in total. The Bertz CT molecular complexity index is 489. The van der Waals surface area contributed by atoms with Gasteiger partial charge < -0.3 is 9.90 Å². The van der Waals surface area contributed by atoms with Crippen LogP contribution in [0.15, 0.2) is 0 Å². The summed E-state index contributed by atoms with van der Waals surface area (Å²) >= 11 is 0. The maximum atomic E-state index is 11.6. The van der Waals surface area contributed by atoms with Crippen molar-refractivity contribution in [2.45, 2.75) is 132 Å². The Morgan fingerprint density at radius 3 is 2.20 bits per heavy atom. The van der Waals surface area contributed by atoms with Crippen LogP contribution in [0.25, 0.3) is 0 Å². The molecule has 0 heterocycles. The van der Waals surface area contributed by atoms with E-state index in [1.54, 1.807) is 0 Å². The minimum absolute atomic E-state index is 0.0652. The van der Waals surface area contributed by atoms with Crippen LogP contribution < -0.4 is 0 Å². The third kappa shape index (κ3) is 5.70. The number of aldehydes is 1. The van der Waals surface area contributed by atoms with E-state index in [4.69, 9.17) is 0 Å². The van der Waals surface area contributed by atoms with E-state index in [0.29, 0.717) is 11.3 Å². The van der Waals surface area contributed by atoms with Gasteiger partial charge in [-0.05, 0) is 92.3 Å². The zero-order valence-corrected chi connectivity index (χ0v) is 21.7. The summed E-state index contributed by atoms with van der Waals surface area (Å²) in [6.07, 6.45) is 14.7. The van der Waals surface area contributed by atoms with Gasteiger partial charge in [0.1, 0.15) is 6.29 Å². The molecule has 0 saturated heterocycles. The van der Waals surface area contributed by atoms with Gasteiger partial charge in [0.05, 0.1) is 6.10 Å². The molecule has 3 fully saturated rings. The monoisotopic (exact) mass is 422 g/mol. The highest BCUT2D eigenvalue weighted by Gasteiger charge is 2.51. The quantitative estimate of drug-likeness (QED) is 0.467. The van der Waals surface area contributed by atoms with Crippen LogP contribution in [-0.4, -0.2) is 17.5 Å². The van der Waals surface area contributed by atoms with Crippen molar-refractivity contribution in [2.75, 3.05) is 0 Å². The molecule has 0 spiro atoms. The van der Waals surface area contributed by atoms with Gasteiger partial charge in [0.2, 0.25) is 0 Å². The van der Waals surface area contributed by atoms with Crippen molar-refractivity contribution in [2.24, 2.45) is 40.4 Å². The predicted molar refractivity (Wildman–Crippen MR) is 131 cm³/mol. The number of aliphatic hydroxyl groups is 1. The molecule has 0 radical (unpaired) electrons. The summed E-state index contributed by atoms with van der Waals surface area (Å²) in [6.45, 7) is 17.5. The molecule has 0 aromatic heterocycles. The topological polar surface area (TPSA) is 37.3 Å². The normalized spacial score (nSPS) is 42.2. The third-order valence-corrected chi connectivity index (χ3v) is 9.59. The van der Waals surface area contributed by atoms with Crippen LogP contribution in [0.2, 0.25) is 0 Å². The van der Waals surface area contributed by atoms with Gasteiger partial charge in [0, 0.05) is 5.92 Å². The Kier molecular flexibility index (Phi) is 11.6. The Morgan fingerprint density at radius 1 is 0.967 bits per heavy atom. The molecule has 3 saturated carbocycles. The molecular formula is C28H54O2. The van der Waals surface area contributed by atoms with E-state index in [1.807, 2.05) is 27.7 Å². The van der Waals surface area contributed by atoms with E-state index in [2.05, 4.69) is 27.7 Å². The molecule has 2 heteroatoms. The Balaban J connectivity index is 0.00000106. The lowest BCUT2D eigenvalue weighted by molar-refractivity contribution is -0.117. The lowest BCUT2D eigenvalue weighted by Crippen LogP contribution is -2.47. The molecule has 0 amide bonds. The second-order valence-corrected chi connectivity index (χ2v) is 10.6. The van der Waals surface area contributed by atoms with Crippen molar-refractivity contribution in [3.8, 4) is 0 Å². The van der Waals surface area contributed by atoms with Crippen molar-refractivity contribution < 1.29 is 9.90 Å². The Labute approximate surface area is 189 Å². The fourth-order valence-electron chi connectivity index (χ4n) is 7.44. The molecular weight excluding hydrogens is 368 g/mol. The molecule has 30 heavy (non-hydrogen) atoms. The molecule has 0 aliphatic heterocycles. The number of carbonyl (C=O) groups is 1. The number of fused-ring (bicyclic) bond motifs is 3. The fourth-order valence-corrected chi connectivity index (χ4v) is 7.44. The molecule has 3 rings (SSSR count). The molecule has 178 valence electrons. The average Bonchev–Trinajstić information content (AvgIpc) is 2.92. The highest BCUT2D eigenvalue weighted by molar-refractivity contribution is 5.54. The van der Waals surface area contributed by atoms with E-state index in [-0.39, 0.29) is 17.4 Å². The molecule has 0 bridgehead atoms. The van der Waals surface area contributed by atoms with Gasteiger partial charge in [0.15, 0.2) is 0 Å². The summed E-state index contributed by atoms with van der Waals surface area (Å²) in [4.78, 5) is 11.6. The Hall–Kier alpha value is -0.370. The SMILES string of the molecule is CC.CC.CCC1CC2CCC3CCC(O)CCC3(C)C2CCC[C@]1(C)[C@H](C)C=O. The zero-order chi connectivity index (χ0) is 22.9. The summed E-state index contributed by atoms with van der Waals surface area (Å²) in [5.41, 5.74) is 0.613. The average molecular weight is 423 g/mol. The van der Waals surface area contributed by atoms with Crippen LogP contribution in [-0.2, 0) is 4.79 Å². The molecule has 6 unspecified atom stereocenters. The van der Waals surface area contributed by atoms with Crippen molar-refractivity contribution in [3.63, 3.8) is 0 Å². The van der Waals surface area contributed by atoms with Crippen LogP contribution in [0.5, 0.6) is 0 Å².